The zero-order valence-electron chi connectivity index (χ0n) is 31.4. The summed E-state index contributed by atoms with van der Waals surface area (Å²) in [4.78, 5) is 5.21. The normalized spacial score (nSPS) is 13.4. The molecule has 0 amide bonds. The van der Waals surface area contributed by atoms with Gasteiger partial charge >= 0.3 is 0 Å². The van der Waals surface area contributed by atoms with Gasteiger partial charge in [0.05, 0.1) is 27.4 Å². The van der Waals surface area contributed by atoms with Crippen LogP contribution >= 0.6 is 0 Å². The lowest BCUT2D eigenvalue weighted by Crippen LogP contribution is -2.42. The SMILES string of the molecule is COc1cc(C=NC(Cc2ccccc2)C(O)(c2cc(C(C)(C)C)ccc2OC)c2cc(C(C)(C)C)ccc2OC)c(O)c(C(C)(C)C)c1. The van der Waals surface area contributed by atoms with E-state index in [2.05, 4.69) is 41.5 Å². The van der Waals surface area contributed by atoms with E-state index in [-0.39, 0.29) is 22.0 Å². The summed E-state index contributed by atoms with van der Waals surface area (Å²) in [5, 5.41) is 25.3. The zero-order chi connectivity index (χ0) is 36.4. The molecule has 1 atom stereocenters. The highest BCUT2D eigenvalue weighted by atomic mass is 16.5. The van der Waals surface area contributed by atoms with Crippen molar-refractivity contribution in [3.63, 3.8) is 0 Å². The molecule has 0 saturated heterocycles. The highest BCUT2D eigenvalue weighted by Gasteiger charge is 2.45. The second-order valence-corrected chi connectivity index (χ2v) is 15.9. The molecule has 0 spiro atoms. The molecule has 0 aliphatic heterocycles. The van der Waals surface area contributed by atoms with Crippen LogP contribution in [0.4, 0.5) is 0 Å². The second kappa shape index (κ2) is 14.3. The van der Waals surface area contributed by atoms with Crippen molar-refractivity contribution in [3.8, 4) is 23.0 Å². The van der Waals surface area contributed by atoms with Crippen molar-refractivity contribution < 1.29 is 24.4 Å². The van der Waals surface area contributed by atoms with E-state index < -0.39 is 11.6 Å². The standard InChI is InChI=1S/C43H55NO5/c1-40(2,3)30-18-20-36(48-11)33(24-30)43(46,34-25-31(41(4,5)6)19-21-37(34)49-12)38(22-28-16-14-13-15-17-28)44-27-29-23-32(47-10)26-35(39(29)45)42(7,8)9/h13-21,23-27,38,45-46H,22H2,1-12H3. The number of benzene rings is 4. The maximum absolute atomic E-state index is 13.8. The molecule has 4 aromatic rings. The Kier molecular flexibility index (Phi) is 10.9. The molecule has 0 fully saturated rings. The molecule has 0 heterocycles. The first-order valence-corrected chi connectivity index (χ1v) is 16.9. The number of aromatic hydroxyl groups is 1. The zero-order valence-corrected chi connectivity index (χ0v) is 31.4. The topological polar surface area (TPSA) is 80.5 Å². The number of ether oxygens (including phenoxy) is 3. The summed E-state index contributed by atoms with van der Waals surface area (Å²) in [6.45, 7) is 19.0. The van der Waals surface area contributed by atoms with E-state index in [1.165, 1.54) is 0 Å². The summed E-state index contributed by atoms with van der Waals surface area (Å²) in [6, 6.07) is 24.9. The predicted molar refractivity (Wildman–Crippen MR) is 201 cm³/mol. The van der Waals surface area contributed by atoms with Gasteiger partial charge in [0.25, 0.3) is 0 Å². The first-order chi connectivity index (χ1) is 22.8. The summed E-state index contributed by atoms with van der Waals surface area (Å²) < 4.78 is 17.7. The van der Waals surface area contributed by atoms with Crippen molar-refractivity contribution in [1.82, 2.24) is 0 Å². The average Bonchev–Trinajstić information content (AvgIpc) is 3.05. The average molecular weight is 666 g/mol. The van der Waals surface area contributed by atoms with E-state index in [1.54, 1.807) is 33.6 Å². The minimum absolute atomic E-state index is 0.124. The van der Waals surface area contributed by atoms with Crippen LogP contribution in [0.5, 0.6) is 23.0 Å². The van der Waals surface area contributed by atoms with E-state index in [0.717, 1.165) is 22.3 Å². The van der Waals surface area contributed by atoms with Crippen molar-refractivity contribution in [2.75, 3.05) is 21.3 Å². The summed E-state index contributed by atoms with van der Waals surface area (Å²) in [5.74, 6) is 1.80. The van der Waals surface area contributed by atoms with Gasteiger partial charge in [0.1, 0.15) is 28.6 Å². The van der Waals surface area contributed by atoms with Crippen LogP contribution in [0, 0.1) is 0 Å². The van der Waals surface area contributed by atoms with Gasteiger partial charge in [-0.1, -0.05) is 105 Å². The highest BCUT2D eigenvalue weighted by molar-refractivity contribution is 5.85. The number of phenols is 1. The van der Waals surface area contributed by atoms with Gasteiger partial charge in [-0.15, -0.1) is 0 Å². The van der Waals surface area contributed by atoms with Crippen LogP contribution in [0.25, 0.3) is 0 Å². The van der Waals surface area contributed by atoms with Crippen LogP contribution in [0.1, 0.15) is 101 Å². The van der Waals surface area contributed by atoms with Crippen LogP contribution in [-0.2, 0) is 28.3 Å². The predicted octanol–water partition coefficient (Wildman–Crippen LogP) is 9.28. The Hall–Kier alpha value is -4.29. The number of hydrogen-bond donors (Lipinski definition) is 2. The van der Waals surface area contributed by atoms with Gasteiger partial charge in [-0.2, -0.15) is 0 Å². The Morgan fingerprint density at radius 3 is 1.57 bits per heavy atom. The van der Waals surface area contributed by atoms with Crippen LogP contribution in [-0.4, -0.2) is 43.8 Å². The molecule has 262 valence electrons. The number of methoxy groups -OCH3 is 3. The van der Waals surface area contributed by atoms with Crippen molar-refractivity contribution in [2.45, 2.75) is 96.6 Å². The maximum Gasteiger partial charge on any atom is 0.144 e. The second-order valence-electron chi connectivity index (χ2n) is 15.9. The Labute approximate surface area is 293 Å². The van der Waals surface area contributed by atoms with Gasteiger partial charge < -0.3 is 24.4 Å². The van der Waals surface area contributed by atoms with Crippen LogP contribution < -0.4 is 14.2 Å². The van der Waals surface area contributed by atoms with E-state index >= 15 is 0 Å². The van der Waals surface area contributed by atoms with E-state index in [1.807, 2.05) is 93.6 Å². The lowest BCUT2D eigenvalue weighted by atomic mass is 9.73. The maximum atomic E-state index is 13.8. The monoisotopic (exact) mass is 665 g/mol. The van der Waals surface area contributed by atoms with Gasteiger partial charge in [-0.3, -0.25) is 4.99 Å². The lowest BCUT2D eigenvalue weighted by molar-refractivity contribution is 0.0475. The van der Waals surface area contributed by atoms with Crippen molar-refractivity contribution >= 4 is 6.21 Å². The fourth-order valence-corrected chi connectivity index (χ4v) is 6.18. The number of phenolic OH excluding ortho intramolecular Hbond substituents is 1. The van der Waals surface area contributed by atoms with Gasteiger partial charge in [-0.25, -0.2) is 0 Å². The molecular formula is C43H55NO5. The summed E-state index contributed by atoms with van der Waals surface area (Å²) in [7, 11) is 4.85. The van der Waals surface area contributed by atoms with Crippen molar-refractivity contribution in [3.05, 3.63) is 118 Å². The van der Waals surface area contributed by atoms with E-state index in [9.17, 15) is 10.2 Å². The molecule has 4 rings (SSSR count). The lowest BCUT2D eigenvalue weighted by Gasteiger charge is -2.38. The molecule has 2 N–H and O–H groups in total. The van der Waals surface area contributed by atoms with Crippen molar-refractivity contribution in [2.24, 2.45) is 4.99 Å². The number of aliphatic imine (C=N–C) groups is 1. The molecule has 0 aromatic heterocycles. The smallest absolute Gasteiger partial charge is 0.144 e. The van der Waals surface area contributed by atoms with Crippen molar-refractivity contribution in [1.29, 1.82) is 0 Å². The summed E-state index contributed by atoms with van der Waals surface area (Å²) >= 11 is 0. The number of nitrogens with zero attached hydrogens (tertiary/aromatic N) is 1. The molecule has 0 aliphatic carbocycles. The molecule has 6 heteroatoms. The molecule has 49 heavy (non-hydrogen) atoms. The molecular weight excluding hydrogens is 610 g/mol. The quantitative estimate of drug-likeness (QED) is 0.165. The van der Waals surface area contributed by atoms with Gasteiger partial charge in [0.2, 0.25) is 0 Å². The molecule has 6 nitrogen and oxygen atoms in total. The minimum atomic E-state index is -1.76. The van der Waals surface area contributed by atoms with Crippen LogP contribution in [0.2, 0.25) is 0 Å². The number of aliphatic hydroxyl groups is 1. The third-order valence-electron chi connectivity index (χ3n) is 9.26. The summed E-state index contributed by atoms with van der Waals surface area (Å²) in [6.07, 6.45) is 2.03. The van der Waals surface area contributed by atoms with Gasteiger partial charge in [0, 0.05) is 28.5 Å². The third kappa shape index (κ3) is 8.13. The fourth-order valence-electron chi connectivity index (χ4n) is 6.18. The molecule has 4 aromatic carbocycles. The van der Waals surface area contributed by atoms with E-state index in [0.29, 0.717) is 40.4 Å². The highest BCUT2D eigenvalue weighted by Crippen LogP contribution is 2.47. The minimum Gasteiger partial charge on any atom is -0.507 e. The molecule has 1 unspecified atom stereocenters. The van der Waals surface area contributed by atoms with Crippen LogP contribution in [0.3, 0.4) is 0 Å². The Morgan fingerprint density at radius 2 is 1.14 bits per heavy atom. The molecule has 0 bridgehead atoms. The first-order valence-electron chi connectivity index (χ1n) is 16.9. The first kappa shape index (κ1) is 37.5. The fraction of sp³-hybridized carbons (Fsp3) is 0.419. The number of rotatable bonds is 10. The Balaban J connectivity index is 2.14. The largest absolute Gasteiger partial charge is 0.507 e. The van der Waals surface area contributed by atoms with Gasteiger partial charge in [0.15, 0.2) is 0 Å². The molecule has 0 radical (unpaired) electrons. The van der Waals surface area contributed by atoms with Gasteiger partial charge in [-0.05, 0) is 75.8 Å². The Bertz CT molecular complexity index is 1710. The molecule has 0 aliphatic rings. The number of hydrogen-bond acceptors (Lipinski definition) is 6. The molecule has 0 saturated carbocycles. The van der Waals surface area contributed by atoms with E-state index in [4.69, 9.17) is 19.2 Å². The Morgan fingerprint density at radius 1 is 0.633 bits per heavy atom. The summed E-state index contributed by atoms with van der Waals surface area (Å²) in [5.41, 5.74) is 2.92. The third-order valence-corrected chi connectivity index (χ3v) is 9.26. The van der Waals surface area contributed by atoms with Crippen LogP contribution in [0.15, 0.2) is 83.9 Å².